The summed E-state index contributed by atoms with van der Waals surface area (Å²) in [5.74, 6) is -5.01. The van der Waals surface area contributed by atoms with Crippen LogP contribution in [0.15, 0.2) is 95.8 Å². The van der Waals surface area contributed by atoms with Crippen LogP contribution in [0.1, 0.15) is 35.1 Å². The van der Waals surface area contributed by atoms with E-state index in [9.17, 15) is 28.4 Å². The minimum absolute atomic E-state index is 0.0436. The van der Waals surface area contributed by atoms with Gasteiger partial charge in [-0.1, -0.05) is 41.9 Å². The molecule has 1 aromatic heterocycles. The van der Waals surface area contributed by atoms with E-state index in [0.29, 0.717) is 36.9 Å². The van der Waals surface area contributed by atoms with Crippen LogP contribution in [-0.2, 0) is 25.7 Å². The molecule has 51 heavy (non-hydrogen) atoms. The van der Waals surface area contributed by atoms with Gasteiger partial charge in [0.2, 0.25) is 0 Å². The quantitative estimate of drug-likeness (QED) is 0.153. The van der Waals surface area contributed by atoms with Crippen LogP contribution >= 0.6 is 11.6 Å². The number of carboxylic acids is 4. The Kier molecular flexibility index (Phi) is 13.4. The van der Waals surface area contributed by atoms with Gasteiger partial charge in [-0.05, 0) is 59.5 Å². The van der Waals surface area contributed by atoms with Crippen LogP contribution in [0.2, 0.25) is 5.02 Å². The number of fused-ring (bicyclic) bond motifs is 2. The minimum Gasteiger partial charge on any atom is -0.478 e. The zero-order chi connectivity index (χ0) is 37.1. The molecule has 0 radical (unpaired) electrons. The maximum Gasteiger partial charge on any atom is 0.328 e. The lowest BCUT2D eigenvalue weighted by Crippen LogP contribution is -2.48. The van der Waals surface area contributed by atoms with Crippen LogP contribution in [-0.4, -0.2) is 96.4 Å². The number of piperazine rings is 1. The molecule has 2 heterocycles. The summed E-state index contributed by atoms with van der Waals surface area (Å²) >= 11 is 6.37. The number of aromatic nitrogens is 2. The number of rotatable bonds is 9. The van der Waals surface area contributed by atoms with Gasteiger partial charge in [0.1, 0.15) is 5.82 Å². The van der Waals surface area contributed by atoms with Crippen molar-refractivity contribution in [3.8, 4) is 0 Å². The number of carbonyl (C=O) groups is 4. The van der Waals surface area contributed by atoms with Gasteiger partial charge >= 0.3 is 29.6 Å². The molecule has 0 bridgehead atoms. The van der Waals surface area contributed by atoms with Crippen LogP contribution in [0.4, 0.5) is 4.39 Å². The second-order valence-corrected chi connectivity index (χ2v) is 12.1. The van der Waals surface area contributed by atoms with Gasteiger partial charge in [0, 0.05) is 80.6 Å². The van der Waals surface area contributed by atoms with E-state index in [2.05, 4.69) is 26.9 Å². The first-order chi connectivity index (χ1) is 24.3. The van der Waals surface area contributed by atoms with E-state index >= 15 is 0 Å². The topological polar surface area (TPSA) is 193 Å². The number of H-pyrrole nitrogens is 1. The Bertz CT molecular complexity index is 1920. The first-order valence-corrected chi connectivity index (χ1v) is 16.2. The molecule has 0 spiro atoms. The van der Waals surface area contributed by atoms with Crippen molar-refractivity contribution in [2.24, 2.45) is 0 Å². The Labute approximate surface area is 296 Å². The zero-order valence-corrected chi connectivity index (χ0v) is 27.9. The molecule has 268 valence electrons. The lowest BCUT2D eigenvalue weighted by Gasteiger charge is -2.38. The number of imidazole rings is 1. The summed E-state index contributed by atoms with van der Waals surface area (Å²) in [7, 11) is 0. The van der Waals surface area contributed by atoms with Gasteiger partial charge < -0.3 is 25.4 Å². The van der Waals surface area contributed by atoms with E-state index in [-0.39, 0.29) is 17.4 Å². The molecule has 2 aliphatic rings. The predicted octanol–water partition coefficient (Wildman–Crippen LogP) is 4.44. The molecule has 1 fully saturated rings. The third kappa shape index (κ3) is 11.0. The maximum absolute atomic E-state index is 13.5. The average molecular weight is 723 g/mol. The van der Waals surface area contributed by atoms with Crippen LogP contribution < -0.4 is 5.69 Å². The van der Waals surface area contributed by atoms with E-state index < -0.39 is 23.9 Å². The van der Waals surface area contributed by atoms with E-state index in [1.807, 2.05) is 47.0 Å². The molecule has 15 heteroatoms. The monoisotopic (exact) mass is 722 g/mol. The summed E-state index contributed by atoms with van der Waals surface area (Å²) in [6, 6.07) is 21.3. The van der Waals surface area contributed by atoms with Crippen LogP contribution in [0.3, 0.4) is 0 Å². The Morgan fingerprint density at radius 1 is 0.765 bits per heavy atom. The largest absolute Gasteiger partial charge is 0.478 e. The predicted molar refractivity (Wildman–Crippen MR) is 186 cm³/mol. The molecule has 0 saturated carbocycles. The number of para-hydroxylation sites is 2. The number of halogens is 2. The van der Waals surface area contributed by atoms with Gasteiger partial charge in [0.25, 0.3) is 0 Å². The number of hydrogen-bond acceptors (Lipinski definition) is 7. The highest BCUT2D eigenvalue weighted by Gasteiger charge is 2.36. The molecule has 1 aliphatic carbocycles. The summed E-state index contributed by atoms with van der Waals surface area (Å²) in [6.07, 6.45) is 3.21. The van der Waals surface area contributed by atoms with Crippen molar-refractivity contribution in [1.82, 2.24) is 19.4 Å². The van der Waals surface area contributed by atoms with Gasteiger partial charge in [0.05, 0.1) is 11.0 Å². The third-order valence-electron chi connectivity index (χ3n) is 8.42. The van der Waals surface area contributed by atoms with Gasteiger partial charge in [0.15, 0.2) is 0 Å². The SMILES string of the molecule is O=C(O)/C=C\C(=O)O.O=C(O)/C=C\C(=O)O.O=c1[nH]c2ccccc2n1CCN1CCN([C@H]2C[C@H](c3ccc(F)cc3)c3cc(Cl)ccc32)CC1. The molecule has 2 atom stereocenters. The number of aliphatic carboxylic acids is 4. The lowest BCUT2D eigenvalue weighted by atomic mass is 9.93. The second-order valence-electron chi connectivity index (χ2n) is 11.6. The van der Waals surface area contributed by atoms with Crippen LogP contribution in [0.5, 0.6) is 0 Å². The summed E-state index contributed by atoms with van der Waals surface area (Å²) in [5, 5.41) is 32.0. The van der Waals surface area contributed by atoms with Crippen molar-refractivity contribution in [1.29, 1.82) is 0 Å². The molecule has 3 aromatic carbocycles. The second kappa shape index (κ2) is 17.9. The lowest BCUT2D eigenvalue weighted by molar-refractivity contribution is -0.134. The molecule has 4 aromatic rings. The summed E-state index contributed by atoms with van der Waals surface area (Å²) in [5.41, 5.74) is 5.54. The summed E-state index contributed by atoms with van der Waals surface area (Å²) < 4.78 is 15.4. The van der Waals surface area contributed by atoms with E-state index in [4.69, 9.17) is 32.0 Å². The number of hydrogen-bond donors (Lipinski definition) is 5. The van der Waals surface area contributed by atoms with Crippen molar-refractivity contribution in [3.63, 3.8) is 0 Å². The van der Waals surface area contributed by atoms with E-state index in [1.54, 1.807) is 12.1 Å². The first-order valence-electron chi connectivity index (χ1n) is 15.8. The number of benzene rings is 3. The molecule has 0 amide bonds. The van der Waals surface area contributed by atoms with Gasteiger partial charge in [-0.3, -0.25) is 14.4 Å². The number of carboxylic acid groups (broad SMARTS) is 4. The van der Waals surface area contributed by atoms with Crippen LogP contribution in [0.25, 0.3) is 11.0 Å². The highest BCUT2D eigenvalue weighted by molar-refractivity contribution is 6.30. The fourth-order valence-corrected chi connectivity index (χ4v) is 6.32. The molecule has 6 rings (SSSR count). The van der Waals surface area contributed by atoms with E-state index in [1.165, 1.54) is 11.1 Å². The highest BCUT2D eigenvalue weighted by Crippen LogP contribution is 2.47. The zero-order valence-electron chi connectivity index (χ0n) is 27.2. The summed E-state index contributed by atoms with van der Waals surface area (Å²) in [4.78, 5) is 58.6. The van der Waals surface area contributed by atoms with Gasteiger partial charge in [-0.25, -0.2) is 28.4 Å². The van der Waals surface area contributed by atoms with Crippen LogP contribution in [0, 0.1) is 5.82 Å². The molecule has 13 nitrogen and oxygen atoms in total. The fourth-order valence-electron chi connectivity index (χ4n) is 6.14. The smallest absolute Gasteiger partial charge is 0.328 e. The molecular formula is C36H36ClFN4O9. The Hall–Kier alpha value is -5.57. The van der Waals surface area contributed by atoms with Crippen molar-refractivity contribution in [2.45, 2.75) is 24.9 Å². The highest BCUT2D eigenvalue weighted by atomic mass is 35.5. The fraction of sp³-hybridized carbons (Fsp3) is 0.250. The summed E-state index contributed by atoms with van der Waals surface area (Å²) in [6.45, 7) is 5.43. The normalized spacial score (nSPS) is 17.4. The average Bonchev–Trinajstić information content (AvgIpc) is 3.63. The Morgan fingerprint density at radius 3 is 1.90 bits per heavy atom. The molecular weight excluding hydrogens is 687 g/mol. The van der Waals surface area contributed by atoms with Gasteiger partial charge in [-0.15, -0.1) is 0 Å². The number of nitrogens with zero attached hydrogens (tertiary/aromatic N) is 3. The van der Waals surface area contributed by atoms with Crippen molar-refractivity contribution in [3.05, 3.63) is 129 Å². The third-order valence-corrected chi connectivity index (χ3v) is 8.66. The standard InChI is InChI=1S/C28H28ClFN4O.2C4H4O4/c29-20-7-10-22-24(17-20)23(19-5-8-21(30)9-6-19)18-27(22)33-14-11-32(12-15-33)13-16-34-26-4-2-1-3-25(26)31-28(34)35;2*5-3(6)1-2-4(7)8/h1-10,17,23,27H,11-16,18H2,(H,31,35);2*1-2H,(H,5,6)(H,7,8)/b;2*2-1-/t23-,27+;;/m1../s1. The maximum atomic E-state index is 13.5. The van der Waals surface area contributed by atoms with Crippen molar-refractivity contribution < 1.29 is 44.0 Å². The minimum atomic E-state index is -1.26. The van der Waals surface area contributed by atoms with Crippen molar-refractivity contribution in [2.75, 3.05) is 32.7 Å². The van der Waals surface area contributed by atoms with Crippen molar-refractivity contribution >= 4 is 46.5 Å². The number of nitrogens with one attached hydrogen (secondary N) is 1. The van der Waals surface area contributed by atoms with Gasteiger partial charge in [-0.2, -0.15) is 0 Å². The Morgan fingerprint density at radius 2 is 1.33 bits per heavy atom. The molecule has 1 aliphatic heterocycles. The Balaban J connectivity index is 0.000000305. The number of aromatic amines is 1. The molecule has 0 unspecified atom stereocenters. The molecule has 5 N–H and O–H groups in total. The first kappa shape index (κ1) is 38.2. The molecule has 1 saturated heterocycles. The van der Waals surface area contributed by atoms with E-state index in [0.717, 1.165) is 60.8 Å².